The van der Waals surface area contributed by atoms with Crippen molar-refractivity contribution in [1.82, 2.24) is 5.43 Å². The summed E-state index contributed by atoms with van der Waals surface area (Å²) in [6, 6.07) is 5.19. The van der Waals surface area contributed by atoms with Crippen LogP contribution in [-0.4, -0.2) is 6.04 Å². The number of hydrazine groups is 1. The van der Waals surface area contributed by atoms with Crippen molar-refractivity contribution in [2.45, 2.75) is 52.0 Å². The maximum Gasteiger partial charge on any atom is 0.126 e. The van der Waals surface area contributed by atoms with Crippen molar-refractivity contribution in [3.05, 3.63) is 34.1 Å². The van der Waals surface area contributed by atoms with E-state index in [1.807, 2.05) is 6.07 Å². The highest BCUT2D eigenvalue weighted by atomic mass is 79.9. The van der Waals surface area contributed by atoms with Gasteiger partial charge in [0.25, 0.3) is 0 Å². The summed E-state index contributed by atoms with van der Waals surface area (Å²) in [7, 11) is 0. The molecule has 0 heterocycles. The summed E-state index contributed by atoms with van der Waals surface area (Å²) in [5.74, 6) is 6.00. The van der Waals surface area contributed by atoms with Crippen molar-refractivity contribution in [2.75, 3.05) is 0 Å². The fourth-order valence-electron chi connectivity index (χ4n) is 2.45. The minimum Gasteiger partial charge on any atom is -0.271 e. The second-order valence-electron chi connectivity index (χ2n) is 5.02. The molecule has 0 aliphatic carbocycles. The molecule has 0 aromatic heterocycles. The summed E-state index contributed by atoms with van der Waals surface area (Å²) in [6.07, 6.45) is 5.20. The fourth-order valence-corrected chi connectivity index (χ4v) is 2.86. The molecule has 19 heavy (non-hydrogen) atoms. The Kier molecular flexibility index (Phi) is 7.57. The van der Waals surface area contributed by atoms with E-state index in [0.717, 1.165) is 17.3 Å². The predicted octanol–water partition coefficient (Wildman–Crippen LogP) is 4.18. The van der Waals surface area contributed by atoms with E-state index in [4.69, 9.17) is 5.84 Å². The van der Waals surface area contributed by atoms with Crippen LogP contribution in [0.4, 0.5) is 4.39 Å². The smallest absolute Gasteiger partial charge is 0.126 e. The first-order valence-corrected chi connectivity index (χ1v) is 7.81. The predicted molar refractivity (Wildman–Crippen MR) is 82.2 cm³/mol. The van der Waals surface area contributed by atoms with E-state index in [1.165, 1.54) is 18.9 Å². The first-order valence-electron chi connectivity index (χ1n) is 7.02. The lowest BCUT2D eigenvalue weighted by Gasteiger charge is -2.26. The minimum atomic E-state index is -0.159. The van der Waals surface area contributed by atoms with Crippen LogP contribution in [-0.2, 0) is 6.42 Å². The molecule has 0 bridgehead atoms. The van der Waals surface area contributed by atoms with Crippen LogP contribution in [0, 0.1) is 11.7 Å². The lowest BCUT2D eigenvalue weighted by molar-refractivity contribution is 0.316. The minimum absolute atomic E-state index is 0.125. The molecule has 0 spiro atoms. The van der Waals surface area contributed by atoms with Crippen molar-refractivity contribution >= 4 is 15.9 Å². The molecule has 1 rings (SSSR count). The number of nitrogens with two attached hydrogens (primary N) is 1. The Morgan fingerprint density at radius 2 is 2.11 bits per heavy atom. The van der Waals surface area contributed by atoms with Gasteiger partial charge in [-0.1, -0.05) is 49.0 Å². The van der Waals surface area contributed by atoms with Crippen LogP contribution in [0.2, 0.25) is 0 Å². The van der Waals surface area contributed by atoms with Crippen molar-refractivity contribution in [2.24, 2.45) is 11.8 Å². The highest BCUT2D eigenvalue weighted by molar-refractivity contribution is 9.10. The summed E-state index contributed by atoms with van der Waals surface area (Å²) in [5, 5.41) is 0. The van der Waals surface area contributed by atoms with Gasteiger partial charge in [0.05, 0.1) is 0 Å². The van der Waals surface area contributed by atoms with Crippen molar-refractivity contribution in [1.29, 1.82) is 0 Å². The molecule has 2 nitrogen and oxygen atoms in total. The van der Waals surface area contributed by atoms with Crippen molar-refractivity contribution in [3.8, 4) is 0 Å². The average molecular weight is 331 g/mol. The normalized spacial score (nSPS) is 14.4. The van der Waals surface area contributed by atoms with Gasteiger partial charge in [0.2, 0.25) is 0 Å². The van der Waals surface area contributed by atoms with Gasteiger partial charge >= 0.3 is 0 Å². The Morgan fingerprint density at radius 1 is 1.37 bits per heavy atom. The Labute approximate surface area is 124 Å². The Bertz CT molecular complexity index is 384. The van der Waals surface area contributed by atoms with Crippen LogP contribution in [0.5, 0.6) is 0 Å². The third-order valence-electron chi connectivity index (χ3n) is 3.68. The van der Waals surface area contributed by atoms with Gasteiger partial charge in [0.15, 0.2) is 0 Å². The molecule has 3 N–H and O–H groups in total. The zero-order chi connectivity index (χ0) is 14.3. The lowest BCUT2D eigenvalue weighted by atomic mass is 9.88. The van der Waals surface area contributed by atoms with Gasteiger partial charge in [0, 0.05) is 10.5 Å². The molecule has 0 amide bonds. The molecule has 0 saturated heterocycles. The maximum absolute atomic E-state index is 13.8. The molecule has 0 aliphatic rings. The van der Waals surface area contributed by atoms with Gasteiger partial charge in [-0.2, -0.15) is 0 Å². The SMILES string of the molecule is CCCCC(CC)C(Cc1cc(Br)ccc1F)NN. The molecule has 2 unspecified atom stereocenters. The van der Waals surface area contributed by atoms with Crippen LogP contribution in [0.3, 0.4) is 0 Å². The molecule has 2 atom stereocenters. The summed E-state index contributed by atoms with van der Waals surface area (Å²) < 4.78 is 14.7. The summed E-state index contributed by atoms with van der Waals surface area (Å²) in [4.78, 5) is 0. The van der Waals surface area contributed by atoms with Gasteiger partial charge in [-0.25, -0.2) is 4.39 Å². The number of benzene rings is 1. The van der Waals surface area contributed by atoms with Crippen LogP contribution in [0.15, 0.2) is 22.7 Å². The van der Waals surface area contributed by atoms with E-state index in [1.54, 1.807) is 6.07 Å². The lowest BCUT2D eigenvalue weighted by Crippen LogP contribution is -2.42. The van der Waals surface area contributed by atoms with Crippen molar-refractivity contribution < 1.29 is 4.39 Å². The van der Waals surface area contributed by atoms with E-state index in [0.29, 0.717) is 17.9 Å². The topological polar surface area (TPSA) is 38.0 Å². The van der Waals surface area contributed by atoms with E-state index in [-0.39, 0.29) is 11.9 Å². The molecule has 0 saturated carbocycles. The molecule has 0 fully saturated rings. The monoisotopic (exact) mass is 330 g/mol. The Morgan fingerprint density at radius 3 is 2.68 bits per heavy atom. The van der Waals surface area contributed by atoms with Crippen LogP contribution in [0.1, 0.15) is 45.1 Å². The van der Waals surface area contributed by atoms with Gasteiger partial charge in [-0.05, 0) is 42.5 Å². The second kappa shape index (κ2) is 8.67. The summed E-state index contributed by atoms with van der Waals surface area (Å²) in [5.41, 5.74) is 3.59. The van der Waals surface area contributed by atoms with Crippen LogP contribution >= 0.6 is 15.9 Å². The molecule has 1 aromatic rings. The highest BCUT2D eigenvalue weighted by Crippen LogP contribution is 2.23. The quantitative estimate of drug-likeness (QED) is 0.554. The molecule has 0 aliphatic heterocycles. The van der Waals surface area contributed by atoms with E-state index in [2.05, 4.69) is 35.2 Å². The van der Waals surface area contributed by atoms with Gasteiger partial charge in [0.1, 0.15) is 5.82 Å². The summed E-state index contributed by atoms with van der Waals surface area (Å²) >= 11 is 3.39. The molecular formula is C15H24BrFN2. The largest absolute Gasteiger partial charge is 0.271 e. The van der Waals surface area contributed by atoms with Crippen LogP contribution < -0.4 is 11.3 Å². The van der Waals surface area contributed by atoms with Gasteiger partial charge in [-0.3, -0.25) is 11.3 Å². The first-order chi connectivity index (χ1) is 9.12. The number of rotatable bonds is 8. The zero-order valence-corrected chi connectivity index (χ0v) is 13.3. The Hall–Kier alpha value is -0.450. The fraction of sp³-hybridized carbons (Fsp3) is 0.600. The van der Waals surface area contributed by atoms with Gasteiger partial charge in [-0.15, -0.1) is 0 Å². The zero-order valence-electron chi connectivity index (χ0n) is 11.8. The number of hydrogen-bond acceptors (Lipinski definition) is 2. The number of unbranched alkanes of at least 4 members (excludes halogenated alkanes) is 1. The van der Waals surface area contributed by atoms with E-state index < -0.39 is 0 Å². The van der Waals surface area contributed by atoms with Crippen LogP contribution in [0.25, 0.3) is 0 Å². The standard InChI is InChI=1S/C15H24BrFN2/c1-3-5-6-11(4-2)15(19-18)10-12-9-13(16)7-8-14(12)17/h7-9,11,15,19H,3-6,10,18H2,1-2H3. The first kappa shape index (κ1) is 16.6. The molecule has 108 valence electrons. The second-order valence-corrected chi connectivity index (χ2v) is 5.94. The van der Waals surface area contributed by atoms with E-state index in [9.17, 15) is 4.39 Å². The summed E-state index contributed by atoms with van der Waals surface area (Å²) in [6.45, 7) is 4.35. The third-order valence-corrected chi connectivity index (χ3v) is 4.18. The van der Waals surface area contributed by atoms with Gasteiger partial charge < -0.3 is 0 Å². The molecule has 4 heteroatoms. The van der Waals surface area contributed by atoms with E-state index >= 15 is 0 Å². The highest BCUT2D eigenvalue weighted by Gasteiger charge is 2.20. The Balaban J connectivity index is 2.76. The number of halogens is 2. The number of hydrogen-bond donors (Lipinski definition) is 2. The average Bonchev–Trinajstić information content (AvgIpc) is 2.41. The van der Waals surface area contributed by atoms with Crippen molar-refractivity contribution in [3.63, 3.8) is 0 Å². The molecule has 0 radical (unpaired) electrons. The number of nitrogens with one attached hydrogen (secondary N) is 1. The molecule has 1 aromatic carbocycles. The molecular weight excluding hydrogens is 307 g/mol. The third kappa shape index (κ3) is 5.21. The maximum atomic E-state index is 13.8.